The number of carbonyl (C=O) groups excluding carboxylic acids is 1. The van der Waals surface area contributed by atoms with Crippen molar-refractivity contribution in [3.8, 4) is 5.75 Å². The van der Waals surface area contributed by atoms with Crippen LogP contribution in [0.15, 0.2) is 42.5 Å². The van der Waals surface area contributed by atoms with Crippen molar-refractivity contribution in [2.45, 2.75) is 6.61 Å². The topological polar surface area (TPSA) is 150 Å². The summed E-state index contributed by atoms with van der Waals surface area (Å²) in [6.45, 7) is 0.0947. The van der Waals surface area contributed by atoms with Crippen LogP contribution in [0.3, 0.4) is 0 Å². The van der Waals surface area contributed by atoms with Gasteiger partial charge in [-0.15, -0.1) is 10.2 Å². The maximum atomic E-state index is 12.3. The van der Waals surface area contributed by atoms with Crippen molar-refractivity contribution in [3.05, 3.63) is 78.3 Å². The summed E-state index contributed by atoms with van der Waals surface area (Å²) in [6, 6.07) is 9.35. The highest BCUT2D eigenvalue weighted by atomic mass is 35.5. The van der Waals surface area contributed by atoms with Gasteiger partial charge in [-0.2, -0.15) is 0 Å². The van der Waals surface area contributed by atoms with Gasteiger partial charge >= 0.3 is 0 Å². The third-order valence-corrected chi connectivity index (χ3v) is 4.51. The van der Waals surface area contributed by atoms with E-state index in [0.717, 1.165) is 29.5 Å². The van der Waals surface area contributed by atoms with E-state index in [1.54, 1.807) is 24.3 Å². The van der Waals surface area contributed by atoms with Gasteiger partial charge in [0.25, 0.3) is 17.3 Å². The van der Waals surface area contributed by atoms with Crippen LogP contribution in [0.5, 0.6) is 5.75 Å². The Morgan fingerprint density at radius 1 is 1.07 bits per heavy atom. The minimum atomic E-state index is -0.819. The van der Waals surface area contributed by atoms with Crippen molar-refractivity contribution in [2.75, 3.05) is 5.32 Å². The number of rotatable bonds is 7. The number of ether oxygens (including phenoxy) is 1. The van der Waals surface area contributed by atoms with Gasteiger partial charge in [0.05, 0.1) is 21.5 Å². The lowest BCUT2D eigenvalue weighted by molar-refractivity contribution is -0.394. The zero-order valence-electron chi connectivity index (χ0n) is 14.3. The fraction of sp³-hybridized carbons (Fsp3) is 0.0625. The Labute approximate surface area is 171 Å². The van der Waals surface area contributed by atoms with E-state index in [9.17, 15) is 25.0 Å². The van der Waals surface area contributed by atoms with Gasteiger partial charge in [-0.3, -0.25) is 30.3 Å². The van der Waals surface area contributed by atoms with Crippen molar-refractivity contribution in [3.63, 3.8) is 0 Å². The zero-order chi connectivity index (χ0) is 21.0. The van der Waals surface area contributed by atoms with E-state index in [0.29, 0.717) is 15.8 Å². The van der Waals surface area contributed by atoms with Crippen LogP contribution in [0.2, 0.25) is 5.02 Å². The van der Waals surface area contributed by atoms with Crippen molar-refractivity contribution >= 4 is 45.4 Å². The fourth-order valence-electron chi connectivity index (χ4n) is 2.14. The minimum absolute atomic E-state index is 0.0947. The molecule has 0 fully saturated rings. The number of aromatic nitrogens is 2. The summed E-state index contributed by atoms with van der Waals surface area (Å²) in [5.41, 5.74) is -1.39. The second-order valence-electron chi connectivity index (χ2n) is 5.45. The van der Waals surface area contributed by atoms with Gasteiger partial charge in [-0.1, -0.05) is 22.9 Å². The summed E-state index contributed by atoms with van der Waals surface area (Å²) in [7, 11) is 0. The monoisotopic (exact) mass is 435 g/mol. The first-order valence-electron chi connectivity index (χ1n) is 7.78. The number of hydrogen-bond acceptors (Lipinski definition) is 9. The first kappa shape index (κ1) is 20.1. The maximum Gasteiger partial charge on any atom is 0.277 e. The summed E-state index contributed by atoms with van der Waals surface area (Å²) >= 11 is 6.82. The highest BCUT2D eigenvalue weighted by Gasteiger charge is 2.20. The number of hydrogen-bond donors (Lipinski definition) is 1. The molecule has 0 aliphatic rings. The van der Waals surface area contributed by atoms with Crippen LogP contribution in [0.25, 0.3) is 0 Å². The Balaban J connectivity index is 1.69. The third kappa shape index (κ3) is 5.21. The molecule has 0 spiro atoms. The summed E-state index contributed by atoms with van der Waals surface area (Å²) < 4.78 is 5.52. The second kappa shape index (κ2) is 8.58. The molecule has 0 radical (unpaired) electrons. The van der Waals surface area contributed by atoms with Crippen LogP contribution >= 0.6 is 22.9 Å². The zero-order valence-corrected chi connectivity index (χ0v) is 15.8. The van der Waals surface area contributed by atoms with E-state index >= 15 is 0 Å². The van der Waals surface area contributed by atoms with Crippen LogP contribution in [-0.4, -0.2) is 26.0 Å². The van der Waals surface area contributed by atoms with Crippen LogP contribution in [0.1, 0.15) is 15.4 Å². The number of nitrogens with one attached hydrogen (secondary N) is 1. The number of nitro groups is 2. The average Bonchev–Trinajstić information content (AvgIpc) is 3.14. The van der Waals surface area contributed by atoms with Gasteiger partial charge in [0.2, 0.25) is 5.13 Å². The molecule has 0 atom stereocenters. The van der Waals surface area contributed by atoms with Crippen molar-refractivity contribution in [1.29, 1.82) is 0 Å². The van der Waals surface area contributed by atoms with Crippen molar-refractivity contribution in [2.24, 2.45) is 0 Å². The second-order valence-corrected chi connectivity index (χ2v) is 6.95. The molecule has 1 aromatic heterocycles. The quantitative estimate of drug-likeness (QED) is 0.434. The van der Waals surface area contributed by atoms with Gasteiger partial charge in [0.15, 0.2) is 5.01 Å². The molecule has 1 heterocycles. The van der Waals surface area contributed by atoms with E-state index in [1.165, 1.54) is 0 Å². The number of benzene rings is 2. The summed E-state index contributed by atoms with van der Waals surface area (Å²) in [5.74, 6) is -0.225. The predicted molar refractivity (Wildman–Crippen MR) is 103 cm³/mol. The first-order chi connectivity index (χ1) is 13.8. The Kier molecular flexibility index (Phi) is 5.95. The van der Waals surface area contributed by atoms with E-state index < -0.39 is 27.1 Å². The van der Waals surface area contributed by atoms with E-state index in [1.807, 2.05) is 0 Å². The van der Waals surface area contributed by atoms with Crippen LogP contribution in [0, 0.1) is 20.2 Å². The number of halogens is 1. The maximum absolute atomic E-state index is 12.3. The molecule has 11 nitrogen and oxygen atoms in total. The Morgan fingerprint density at radius 2 is 1.69 bits per heavy atom. The van der Waals surface area contributed by atoms with Crippen LogP contribution in [-0.2, 0) is 6.61 Å². The molecule has 0 bridgehead atoms. The lowest BCUT2D eigenvalue weighted by Crippen LogP contribution is -2.12. The highest BCUT2D eigenvalue weighted by molar-refractivity contribution is 7.15. The molecule has 0 aliphatic heterocycles. The smallest absolute Gasteiger partial charge is 0.277 e. The minimum Gasteiger partial charge on any atom is -0.486 e. The number of anilines is 1. The summed E-state index contributed by atoms with van der Waals surface area (Å²) in [4.78, 5) is 32.5. The van der Waals surface area contributed by atoms with Crippen LogP contribution < -0.4 is 10.1 Å². The lowest BCUT2D eigenvalue weighted by atomic mass is 10.1. The number of nitro benzene ring substituents is 2. The fourth-order valence-corrected chi connectivity index (χ4v) is 2.92. The molecule has 13 heteroatoms. The summed E-state index contributed by atoms with van der Waals surface area (Å²) in [5, 5.41) is 33.1. The molecule has 2 aromatic carbocycles. The molecule has 0 aliphatic carbocycles. The van der Waals surface area contributed by atoms with Gasteiger partial charge in [0, 0.05) is 17.2 Å². The van der Waals surface area contributed by atoms with Crippen molar-refractivity contribution < 1.29 is 19.4 Å². The molecule has 148 valence electrons. The van der Waals surface area contributed by atoms with E-state index in [2.05, 4.69) is 15.5 Å². The standard InChI is InChI=1S/C16H10ClN5O6S/c17-10-1-3-13(4-2-10)28-8-14-19-20-16(29-14)18-15(23)9-5-11(21(24)25)7-12(6-9)22(26)27/h1-7H,8H2,(H,18,20,23). The predicted octanol–water partition coefficient (Wildman–Crippen LogP) is 3.84. The highest BCUT2D eigenvalue weighted by Crippen LogP contribution is 2.24. The molecule has 3 rings (SSSR count). The van der Waals surface area contributed by atoms with E-state index in [4.69, 9.17) is 16.3 Å². The molecule has 0 unspecified atom stereocenters. The molecular formula is C16H10ClN5O6S. The number of non-ortho nitro benzene ring substituents is 2. The van der Waals surface area contributed by atoms with Gasteiger partial charge in [0.1, 0.15) is 12.4 Å². The molecule has 0 saturated carbocycles. The Bertz CT molecular complexity index is 1060. The molecule has 0 saturated heterocycles. The number of carbonyl (C=O) groups is 1. The lowest BCUT2D eigenvalue weighted by Gasteiger charge is -2.03. The molecule has 1 amide bonds. The number of nitrogens with zero attached hydrogens (tertiary/aromatic N) is 4. The third-order valence-electron chi connectivity index (χ3n) is 3.45. The van der Waals surface area contributed by atoms with E-state index in [-0.39, 0.29) is 17.3 Å². The Morgan fingerprint density at radius 3 is 2.28 bits per heavy atom. The van der Waals surface area contributed by atoms with Gasteiger partial charge in [-0.05, 0) is 24.3 Å². The first-order valence-corrected chi connectivity index (χ1v) is 8.97. The molecule has 3 aromatic rings. The molecule has 1 N–H and O–H groups in total. The average molecular weight is 436 g/mol. The summed E-state index contributed by atoms with van der Waals surface area (Å²) in [6.07, 6.45) is 0. The normalized spacial score (nSPS) is 10.4. The molecular weight excluding hydrogens is 426 g/mol. The largest absolute Gasteiger partial charge is 0.486 e. The number of amides is 1. The van der Waals surface area contributed by atoms with Crippen LogP contribution in [0.4, 0.5) is 16.5 Å². The SMILES string of the molecule is O=C(Nc1nnc(COc2ccc(Cl)cc2)s1)c1cc([N+](=O)[O-])cc([N+](=O)[O-])c1. The molecule has 29 heavy (non-hydrogen) atoms. The van der Waals surface area contributed by atoms with Gasteiger partial charge < -0.3 is 4.74 Å². The van der Waals surface area contributed by atoms with Crippen molar-refractivity contribution in [1.82, 2.24) is 10.2 Å². The van der Waals surface area contributed by atoms with Gasteiger partial charge in [-0.25, -0.2) is 0 Å². The Hall–Kier alpha value is -3.64.